The molecular weight excluding hydrogens is 506 g/mol. The standard InChI is InChI=1S/C27H41N5O5S/c28-29-19-31-16-3-4-20(18-31)7-14-25(27(35)32(23-10-11-23)17-15-26(33)34)30-38(36,37)24-12-8-22(9-13-24)21-5-1-2-6-21/h8-9,12-13,19-21,23,25,30H,1-7,10-11,14-18,28H2,(H,33,34)/t20-,25-/m0/s1. The molecule has 1 amide bonds. The molecule has 4 rings (SSSR count). The Morgan fingerprint density at radius 1 is 1.13 bits per heavy atom. The third-order valence-electron chi connectivity index (χ3n) is 8.09. The highest BCUT2D eigenvalue weighted by Gasteiger charge is 2.38. The lowest BCUT2D eigenvalue weighted by atomic mass is 9.92. The first-order valence-electron chi connectivity index (χ1n) is 13.9. The van der Waals surface area contributed by atoms with E-state index in [1.165, 1.54) is 12.8 Å². The van der Waals surface area contributed by atoms with Crippen molar-refractivity contribution in [1.29, 1.82) is 0 Å². The van der Waals surface area contributed by atoms with Crippen LogP contribution in [0.15, 0.2) is 34.3 Å². The third-order valence-corrected chi connectivity index (χ3v) is 9.58. The number of piperidine rings is 1. The maximum absolute atomic E-state index is 13.7. The minimum atomic E-state index is -3.95. The molecule has 1 aliphatic heterocycles. The third kappa shape index (κ3) is 7.69. The number of nitrogens with one attached hydrogen (secondary N) is 1. The molecular formula is C27H41N5O5S. The Hall–Kier alpha value is -2.66. The number of sulfonamides is 1. The minimum absolute atomic E-state index is 0.0227. The molecule has 11 heteroatoms. The number of carboxylic acid groups (broad SMARTS) is 1. The van der Waals surface area contributed by atoms with E-state index in [0.717, 1.165) is 57.2 Å². The van der Waals surface area contributed by atoms with Crippen molar-refractivity contribution in [2.75, 3.05) is 19.6 Å². The number of nitrogens with two attached hydrogens (primary N) is 1. The van der Waals surface area contributed by atoms with E-state index >= 15 is 0 Å². The van der Waals surface area contributed by atoms with Crippen LogP contribution < -0.4 is 10.6 Å². The van der Waals surface area contributed by atoms with Crippen LogP contribution in [0.1, 0.15) is 82.1 Å². The van der Waals surface area contributed by atoms with Crippen LogP contribution in [0.4, 0.5) is 0 Å². The van der Waals surface area contributed by atoms with Gasteiger partial charge in [0.2, 0.25) is 15.9 Å². The van der Waals surface area contributed by atoms with Gasteiger partial charge in [-0.15, -0.1) is 0 Å². The average Bonchev–Trinajstić information content (AvgIpc) is 3.58. The fraction of sp³-hybridized carbons (Fsp3) is 0.667. The van der Waals surface area contributed by atoms with E-state index in [9.17, 15) is 23.1 Å². The summed E-state index contributed by atoms with van der Waals surface area (Å²) in [5.74, 6) is 4.76. The van der Waals surface area contributed by atoms with Gasteiger partial charge in [-0.05, 0) is 80.9 Å². The van der Waals surface area contributed by atoms with Gasteiger partial charge in [-0.25, -0.2) is 8.42 Å². The Balaban J connectivity index is 1.49. The highest BCUT2D eigenvalue weighted by molar-refractivity contribution is 7.89. The maximum atomic E-state index is 13.7. The van der Waals surface area contributed by atoms with Crippen LogP contribution >= 0.6 is 0 Å². The molecule has 1 aromatic carbocycles. The quantitative estimate of drug-likeness (QED) is 0.149. The number of hydrogen-bond donors (Lipinski definition) is 3. The van der Waals surface area contributed by atoms with Crippen LogP contribution in [0.2, 0.25) is 0 Å². The summed E-state index contributed by atoms with van der Waals surface area (Å²) in [4.78, 5) is 28.6. The van der Waals surface area contributed by atoms with Crippen LogP contribution in [0.5, 0.6) is 0 Å². The Labute approximate surface area is 225 Å². The van der Waals surface area contributed by atoms with Crippen molar-refractivity contribution in [2.24, 2.45) is 16.9 Å². The monoisotopic (exact) mass is 547 g/mol. The van der Waals surface area contributed by atoms with Gasteiger partial charge < -0.3 is 20.7 Å². The molecule has 0 spiro atoms. The van der Waals surface area contributed by atoms with Crippen molar-refractivity contribution in [3.8, 4) is 0 Å². The number of benzene rings is 1. The number of nitrogens with zero attached hydrogens (tertiary/aromatic N) is 3. The van der Waals surface area contributed by atoms with Crippen LogP contribution in [-0.2, 0) is 19.6 Å². The van der Waals surface area contributed by atoms with Crippen molar-refractivity contribution in [2.45, 2.75) is 93.5 Å². The van der Waals surface area contributed by atoms with Crippen molar-refractivity contribution in [1.82, 2.24) is 14.5 Å². The zero-order valence-electron chi connectivity index (χ0n) is 22.0. The second-order valence-electron chi connectivity index (χ2n) is 11.0. The van der Waals surface area contributed by atoms with Crippen molar-refractivity contribution in [3.63, 3.8) is 0 Å². The number of carbonyl (C=O) groups excluding carboxylic acids is 1. The van der Waals surface area contributed by atoms with Gasteiger partial charge in [0.1, 0.15) is 12.4 Å². The largest absolute Gasteiger partial charge is 0.481 e. The predicted octanol–water partition coefficient (Wildman–Crippen LogP) is 2.85. The van der Waals surface area contributed by atoms with E-state index in [2.05, 4.69) is 9.82 Å². The molecule has 2 atom stereocenters. The molecule has 1 aromatic rings. The van der Waals surface area contributed by atoms with Gasteiger partial charge in [-0.3, -0.25) is 9.59 Å². The second-order valence-corrected chi connectivity index (χ2v) is 12.7. The molecule has 10 nitrogen and oxygen atoms in total. The SMILES string of the molecule is NN=CN1CCC[C@@H](CC[C@H](NS(=O)(=O)c2ccc(C3CCCC3)cc2)C(=O)N(CCC(=O)O)C2CC2)C1. The second kappa shape index (κ2) is 12.9. The summed E-state index contributed by atoms with van der Waals surface area (Å²) in [5, 5.41) is 12.8. The fourth-order valence-corrected chi connectivity index (χ4v) is 7.10. The van der Waals surface area contributed by atoms with Crippen molar-refractivity contribution in [3.05, 3.63) is 29.8 Å². The fourth-order valence-electron chi connectivity index (χ4n) is 5.88. The molecule has 0 unspecified atom stereocenters. The Kier molecular flexibility index (Phi) is 9.64. The van der Waals surface area contributed by atoms with Crippen LogP contribution in [-0.4, -0.2) is 73.3 Å². The number of rotatable bonds is 13. The number of likely N-dealkylation sites (tertiary alicyclic amines) is 1. The molecule has 1 heterocycles. The predicted molar refractivity (Wildman–Crippen MR) is 145 cm³/mol. The minimum Gasteiger partial charge on any atom is -0.481 e. The van der Waals surface area contributed by atoms with Gasteiger partial charge in [0.05, 0.1) is 11.3 Å². The summed E-state index contributed by atoms with van der Waals surface area (Å²) < 4.78 is 29.6. The number of hydrazone groups is 1. The zero-order valence-corrected chi connectivity index (χ0v) is 22.8. The van der Waals surface area contributed by atoms with Gasteiger partial charge in [-0.2, -0.15) is 9.82 Å². The van der Waals surface area contributed by atoms with Crippen LogP contribution in [0, 0.1) is 5.92 Å². The molecule has 1 saturated heterocycles. The molecule has 2 saturated carbocycles. The molecule has 3 aliphatic rings. The molecule has 4 N–H and O–H groups in total. The summed E-state index contributed by atoms with van der Waals surface area (Å²) in [6, 6.07) is 6.06. The molecule has 38 heavy (non-hydrogen) atoms. The van der Waals surface area contributed by atoms with Crippen molar-refractivity contribution < 1.29 is 23.1 Å². The highest BCUT2D eigenvalue weighted by atomic mass is 32.2. The lowest BCUT2D eigenvalue weighted by Gasteiger charge is -2.32. The zero-order chi connectivity index (χ0) is 27.1. The number of carboxylic acids is 1. The summed E-state index contributed by atoms with van der Waals surface area (Å²) in [6.07, 6.45) is 10.7. The smallest absolute Gasteiger partial charge is 0.305 e. The number of carbonyl (C=O) groups is 2. The van der Waals surface area contributed by atoms with E-state index < -0.39 is 22.0 Å². The molecule has 0 aromatic heterocycles. The van der Waals surface area contributed by atoms with E-state index in [4.69, 9.17) is 5.84 Å². The summed E-state index contributed by atoms with van der Waals surface area (Å²) in [5.41, 5.74) is 1.16. The lowest BCUT2D eigenvalue weighted by Crippen LogP contribution is -2.50. The first-order chi connectivity index (χ1) is 18.3. The lowest BCUT2D eigenvalue weighted by molar-refractivity contribution is -0.139. The molecule has 210 valence electrons. The molecule has 0 radical (unpaired) electrons. The summed E-state index contributed by atoms with van der Waals surface area (Å²) in [6.45, 7) is 1.70. The van der Waals surface area contributed by atoms with Crippen molar-refractivity contribution >= 4 is 28.2 Å². The van der Waals surface area contributed by atoms with Gasteiger partial charge in [0.15, 0.2) is 0 Å². The Morgan fingerprint density at radius 2 is 1.84 bits per heavy atom. The van der Waals surface area contributed by atoms with Gasteiger partial charge in [0.25, 0.3) is 0 Å². The molecule has 3 fully saturated rings. The first kappa shape index (κ1) is 28.4. The Bertz CT molecular complexity index is 1080. The normalized spacial score (nSPS) is 21.6. The van der Waals surface area contributed by atoms with Crippen LogP contribution in [0.25, 0.3) is 0 Å². The van der Waals surface area contributed by atoms with E-state index in [0.29, 0.717) is 18.8 Å². The highest BCUT2D eigenvalue weighted by Crippen LogP contribution is 2.34. The average molecular weight is 548 g/mol. The number of hydrogen-bond acceptors (Lipinski definition) is 6. The van der Waals surface area contributed by atoms with E-state index in [1.54, 1.807) is 23.4 Å². The van der Waals surface area contributed by atoms with Crippen LogP contribution in [0.3, 0.4) is 0 Å². The van der Waals surface area contributed by atoms with E-state index in [1.807, 2.05) is 17.0 Å². The number of amides is 1. The topological polar surface area (TPSA) is 145 Å². The summed E-state index contributed by atoms with van der Waals surface area (Å²) in [7, 11) is -3.95. The van der Waals surface area contributed by atoms with Gasteiger partial charge in [-0.1, -0.05) is 25.0 Å². The van der Waals surface area contributed by atoms with Gasteiger partial charge >= 0.3 is 5.97 Å². The van der Waals surface area contributed by atoms with Gasteiger partial charge in [0, 0.05) is 25.7 Å². The molecule has 2 aliphatic carbocycles. The Morgan fingerprint density at radius 3 is 2.47 bits per heavy atom. The maximum Gasteiger partial charge on any atom is 0.305 e. The first-order valence-corrected chi connectivity index (χ1v) is 15.4. The number of aliphatic carboxylic acids is 1. The van der Waals surface area contributed by atoms with E-state index in [-0.39, 0.29) is 35.7 Å². The molecule has 0 bridgehead atoms. The summed E-state index contributed by atoms with van der Waals surface area (Å²) >= 11 is 0.